The zero-order chi connectivity index (χ0) is 17.7. The minimum atomic E-state index is -4.11. The molecular formula is C18H29F3O2. The molecule has 2 nitrogen and oxygen atoms in total. The van der Waals surface area contributed by atoms with Crippen LogP contribution < -0.4 is 0 Å². The lowest BCUT2D eigenvalue weighted by atomic mass is 9.70. The average Bonchev–Trinajstić information content (AvgIpc) is 2.50. The van der Waals surface area contributed by atoms with E-state index in [9.17, 15) is 18.0 Å². The topological polar surface area (TPSA) is 26.3 Å². The average molecular weight is 334 g/mol. The Balaban J connectivity index is 2.88. The van der Waals surface area contributed by atoms with Gasteiger partial charge in [0.25, 0.3) is 0 Å². The van der Waals surface area contributed by atoms with Gasteiger partial charge in [-0.25, -0.2) is 4.79 Å². The normalized spacial score (nSPS) is 24.8. The summed E-state index contributed by atoms with van der Waals surface area (Å²) in [6.45, 7) is 9.23. The van der Waals surface area contributed by atoms with Crippen LogP contribution in [0.25, 0.3) is 0 Å². The molecule has 1 aliphatic rings. The van der Waals surface area contributed by atoms with E-state index in [2.05, 4.69) is 13.5 Å². The molecule has 134 valence electrons. The zero-order valence-electron chi connectivity index (χ0n) is 14.5. The predicted octanol–water partition coefficient (Wildman–Crippen LogP) is 5.81. The van der Waals surface area contributed by atoms with E-state index < -0.39 is 23.7 Å². The molecule has 0 aromatic rings. The van der Waals surface area contributed by atoms with Crippen molar-refractivity contribution >= 4 is 5.97 Å². The molecule has 0 aromatic carbocycles. The van der Waals surface area contributed by atoms with Crippen molar-refractivity contribution in [1.82, 2.24) is 0 Å². The fourth-order valence-corrected chi connectivity index (χ4v) is 3.57. The third-order valence-electron chi connectivity index (χ3n) is 5.13. The number of unbranched alkanes of at least 4 members (excludes halogenated alkanes) is 1. The molecule has 0 N–H and O–H groups in total. The molecule has 1 atom stereocenters. The van der Waals surface area contributed by atoms with Gasteiger partial charge >= 0.3 is 12.1 Å². The zero-order valence-corrected chi connectivity index (χ0v) is 14.5. The third kappa shape index (κ3) is 5.25. The molecule has 0 aromatic heterocycles. The minimum absolute atomic E-state index is 0.000880. The molecule has 0 saturated heterocycles. The number of hydrogen-bond acceptors (Lipinski definition) is 2. The first kappa shape index (κ1) is 20.0. The molecule has 1 aliphatic carbocycles. The first-order chi connectivity index (χ1) is 10.7. The number of hydrogen-bond donors (Lipinski definition) is 0. The molecule has 1 saturated carbocycles. The van der Waals surface area contributed by atoms with E-state index >= 15 is 0 Å². The number of ether oxygens (including phenoxy) is 1. The minimum Gasteiger partial charge on any atom is -0.455 e. The summed E-state index contributed by atoms with van der Waals surface area (Å²) < 4.78 is 44.4. The number of carbonyl (C=O) groups is 1. The van der Waals surface area contributed by atoms with E-state index in [1.54, 1.807) is 6.92 Å². The molecule has 0 bridgehead atoms. The molecule has 0 spiro atoms. The van der Waals surface area contributed by atoms with Crippen LogP contribution in [-0.4, -0.2) is 17.7 Å². The molecule has 0 heterocycles. The maximum Gasteiger partial charge on any atom is 0.391 e. The van der Waals surface area contributed by atoms with E-state index in [0.717, 1.165) is 12.8 Å². The summed E-state index contributed by atoms with van der Waals surface area (Å²) in [6, 6.07) is 0. The predicted molar refractivity (Wildman–Crippen MR) is 85.0 cm³/mol. The van der Waals surface area contributed by atoms with Crippen LogP contribution in [0.4, 0.5) is 13.2 Å². The summed E-state index contributed by atoms with van der Waals surface area (Å²) in [4.78, 5) is 12.0. The van der Waals surface area contributed by atoms with Gasteiger partial charge < -0.3 is 4.74 Å². The second kappa shape index (κ2) is 8.20. The van der Waals surface area contributed by atoms with Gasteiger partial charge in [0.05, 0.1) is 5.92 Å². The van der Waals surface area contributed by atoms with Gasteiger partial charge in [0.1, 0.15) is 5.60 Å². The van der Waals surface area contributed by atoms with Gasteiger partial charge in [-0.15, -0.1) is 0 Å². The lowest BCUT2D eigenvalue weighted by molar-refractivity contribution is -0.194. The summed E-state index contributed by atoms with van der Waals surface area (Å²) >= 11 is 0. The Morgan fingerprint density at radius 2 is 1.65 bits per heavy atom. The molecule has 0 radical (unpaired) electrons. The van der Waals surface area contributed by atoms with Crippen molar-refractivity contribution in [2.75, 3.05) is 0 Å². The number of alkyl halides is 3. The first-order valence-electron chi connectivity index (χ1n) is 8.61. The summed E-state index contributed by atoms with van der Waals surface area (Å²) in [5.74, 6) is -1.64. The van der Waals surface area contributed by atoms with Crippen LogP contribution in [0.15, 0.2) is 12.2 Å². The molecule has 0 aliphatic heterocycles. The van der Waals surface area contributed by atoms with Gasteiger partial charge in [-0.3, -0.25) is 0 Å². The van der Waals surface area contributed by atoms with Crippen molar-refractivity contribution in [1.29, 1.82) is 0 Å². The lowest BCUT2D eigenvalue weighted by Gasteiger charge is -2.43. The highest BCUT2D eigenvalue weighted by atomic mass is 19.4. The lowest BCUT2D eigenvalue weighted by Crippen LogP contribution is -2.45. The Hall–Kier alpha value is -1.00. The van der Waals surface area contributed by atoms with Crippen molar-refractivity contribution in [2.45, 2.75) is 83.9 Å². The van der Waals surface area contributed by atoms with Crippen LogP contribution in [0, 0.1) is 11.8 Å². The monoisotopic (exact) mass is 334 g/mol. The SMILES string of the molecule is C=C(C)C(=O)OC(CC)(CCCC)C1CCC(C(F)(F)F)CC1. The van der Waals surface area contributed by atoms with E-state index in [4.69, 9.17) is 4.74 Å². The quantitative estimate of drug-likeness (QED) is 0.433. The smallest absolute Gasteiger partial charge is 0.391 e. The summed E-state index contributed by atoms with van der Waals surface area (Å²) in [5, 5.41) is 0. The fraction of sp³-hybridized carbons (Fsp3) is 0.833. The van der Waals surface area contributed by atoms with Gasteiger partial charge in [-0.05, 0) is 57.8 Å². The molecule has 0 amide bonds. The summed E-state index contributed by atoms with van der Waals surface area (Å²) in [5.41, 5.74) is -0.314. The molecule has 1 rings (SSSR count). The van der Waals surface area contributed by atoms with E-state index in [-0.39, 0.29) is 18.8 Å². The standard InChI is InChI=1S/C18H29F3O2/c1-5-7-12-17(6-2,23-16(22)13(3)4)14-8-10-15(11-9-14)18(19,20)21/h14-15H,3,5-12H2,1-2,4H3. The molecule has 1 fully saturated rings. The number of esters is 1. The maximum absolute atomic E-state index is 12.9. The van der Waals surface area contributed by atoms with Crippen molar-refractivity contribution in [3.63, 3.8) is 0 Å². The second-order valence-corrected chi connectivity index (χ2v) is 6.78. The highest BCUT2D eigenvalue weighted by Crippen LogP contribution is 2.46. The molecular weight excluding hydrogens is 305 g/mol. The van der Waals surface area contributed by atoms with E-state index in [1.807, 2.05) is 6.92 Å². The Morgan fingerprint density at radius 1 is 1.13 bits per heavy atom. The van der Waals surface area contributed by atoms with Gasteiger partial charge in [0, 0.05) is 5.57 Å². The highest BCUT2D eigenvalue weighted by Gasteiger charge is 2.47. The number of carbonyl (C=O) groups excluding carboxylic acids is 1. The van der Waals surface area contributed by atoms with E-state index in [0.29, 0.717) is 31.3 Å². The van der Waals surface area contributed by atoms with Crippen LogP contribution in [0.5, 0.6) is 0 Å². The van der Waals surface area contributed by atoms with Gasteiger partial charge in [0.2, 0.25) is 0 Å². The molecule has 23 heavy (non-hydrogen) atoms. The Labute approximate surface area is 137 Å². The van der Waals surface area contributed by atoms with Crippen LogP contribution in [0.3, 0.4) is 0 Å². The van der Waals surface area contributed by atoms with Crippen molar-refractivity contribution < 1.29 is 22.7 Å². The van der Waals surface area contributed by atoms with Crippen molar-refractivity contribution in [3.05, 3.63) is 12.2 Å². The number of rotatable bonds is 7. The molecule has 5 heteroatoms. The largest absolute Gasteiger partial charge is 0.455 e. The summed E-state index contributed by atoms with van der Waals surface area (Å²) in [6.07, 6.45) is 0.280. The molecule has 1 unspecified atom stereocenters. The first-order valence-corrected chi connectivity index (χ1v) is 8.61. The Bertz CT molecular complexity index is 409. The van der Waals surface area contributed by atoms with Gasteiger partial charge in [-0.1, -0.05) is 26.8 Å². The van der Waals surface area contributed by atoms with Crippen molar-refractivity contribution in [2.24, 2.45) is 11.8 Å². The Kier molecular flexibility index (Phi) is 7.15. The van der Waals surface area contributed by atoms with Gasteiger partial charge in [-0.2, -0.15) is 13.2 Å². The number of halogens is 3. The van der Waals surface area contributed by atoms with Crippen molar-refractivity contribution in [3.8, 4) is 0 Å². The highest BCUT2D eigenvalue weighted by molar-refractivity contribution is 5.87. The second-order valence-electron chi connectivity index (χ2n) is 6.78. The third-order valence-corrected chi connectivity index (χ3v) is 5.13. The Morgan fingerprint density at radius 3 is 2.04 bits per heavy atom. The van der Waals surface area contributed by atoms with Crippen LogP contribution in [-0.2, 0) is 9.53 Å². The fourth-order valence-electron chi connectivity index (χ4n) is 3.57. The van der Waals surface area contributed by atoms with Crippen LogP contribution in [0.2, 0.25) is 0 Å². The van der Waals surface area contributed by atoms with Crippen LogP contribution in [0.1, 0.15) is 72.1 Å². The summed E-state index contributed by atoms with van der Waals surface area (Å²) in [7, 11) is 0. The maximum atomic E-state index is 12.9. The van der Waals surface area contributed by atoms with Gasteiger partial charge in [0.15, 0.2) is 0 Å². The van der Waals surface area contributed by atoms with Crippen LogP contribution >= 0.6 is 0 Å². The van der Waals surface area contributed by atoms with E-state index in [1.165, 1.54) is 0 Å².